The van der Waals surface area contributed by atoms with Gasteiger partial charge in [0.1, 0.15) is 5.75 Å². The fourth-order valence-electron chi connectivity index (χ4n) is 0.779. The van der Waals surface area contributed by atoms with E-state index in [1.54, 1.807) is 6.26 Å². The third-order valence-electron chi connectivity index (χ3n) is 1.33. The van der Waals surface area contributed by atoms with Gasteiger partial charge in [-0.15, -0.1) is 0 Å². The van der Waals surface area contributed by atoms with Gasteiger partial charge in [0, 0.05) is 0 Å². The highest BCUT2D eigenvalue weighted by molar-refractivity contribution is 7.90. The van der Waals surface area contributed by atoms with Crippen LogP contribution in [0.5, 0.6) is 0 Å². The fourth-order valence-corrected chi connectivity index (χ4v) is 1.35. The van der Waals surface area contributed by atoms with Crippen LogP contribution < -0.4 is 0 Å². The predicted molar refractivity (Wildman–Crippen MR) is 47.4 cm³/mol. The Kier molecular flexibility index (Phi) is 7.65. The van der Waals surface area contributed by atoms with Gasteiger partial charge in [-0.1, -0.05) is 30.9 Å². The second-order valence-electron chi connectivity index (χ2n) is 2.50. The van der Waals surface area contributed by atoms with E-state index in [9.17, 15) is 4.55 Å². The summed E-state index contributed by atoms with van der Waals surface area (Å²) in [6.45, 7) is 2.18. The lowest BCUT2D eigenvalue weighted by molar-refractivity contribution is 0.597. The van der Waals surface area contributed by atoms with Crippen LogP contribution in [-0.4, -0.2) is 16.6 Å². The number of hydrogen-bond acceptors (Lipinski definition) is 1. The summed E-state index contributed by atoms with van der Waals surface area (Å²) < 4.78 is 10.6. The average molecular weight is 161 g/mol. The predicted octanol–water partition coefficient (Wildman–Crippen LogP) is 2.15. The van der Waals surface area contributed by atoms with E-state index in [-0.39, 0.29) is 0 Å². The van der Waals surface area contributed by atoms with Crippen LogP contribution in [-0.2, 0) is 11.2 Å². The maximum absolute atomic E-state index is 10.6. The number of rotatable bonds is 6. The largest absolute Gasteiger partial charge is 0.617 e. The third-order valence-corrected chi connectivity index (χ3v) is 2.20. The summed E-state index contributed by atoms with van der Waals surface area (Å²) in [6.07, 6.45) is 8.70. The fraction of sp³-hybridized carbons (Fsp3) is 0.875. The molecule has 0 heterocycles. The van der Waals surface area contributed by atoms with Gasteiger partial charge in [0.25, 0.3) is 0 Å². The molecule has 0 aromatic heterocycles. The standard InChI is InChI=1S/C8H17OS/c1-3-4-5-6-7-8-10(2)9/h5H,3-4,6-8H2,1-2H3. The molecule has 0 bridgehead atoms. The minimum absolute atomic E-state index is 0.591. The van der Waals surface area contributed by atoms with Crippen LogP contribution in [0, 0.1) is 6.42 Å². The SMILES string of the molecule is CCC[CH]CCC[S+](C)[O-]. The molecule has 1 radical (unpaired) electrons. The van der Waals surface area contributed by atoms with Crippen molar-refractivity contribution in [3.8, 4) is 0 Å². The lowest BCUT2D eigenvalue weighted by atomic mass is 10.2. The second-order valence-corrected chi connectivity index (χ2v) is 4.05. The molecule has 0 N–H and O–H groups in total. The molecule has 0 aliphatic heterocycles. The lowest BCUT2D eigenvalue weighted by Crippen LogP contribution is -2.02. The van der Waals surface area contributed by atoms with E-state index >= 15 is 0 Å². The van der Waals surface area contributed by atoms with Crippen LogP contribution >= 0.6 is 0 Å². The van der Waals surface area contributed by atoms with E-state index in [0.29, 0.717) is 0 Å². The third kappa shape index (κ3) is 8.31. The molecule has 0 saturated carbocycles. The summed E-state index contributed by atoms with van der Waals surface area (Å²) >= 11 is -0.591. The van der Waals surface area contributed by atoms with E-state index in [2.05, 4.69) is 13.3 Å². The molecule has 0 aliphatic rings. The molecule has 61 valence electrons. The summed E-state index contributed by atoms with van der Waals surface area (Å²) in [4.78, 5) is 0. The Balaban J connectivity index is 2.77. The Morgan fingerprint density at radius 3 is 2.60 bits per heavy atom. The van der Waals surface area contributed by atoms with Crippen LogP contribution in [0.4, 0.5) is 0 Å². The smallest absolute Gasteiger partial charge is 0.105 e. The molecule has 0 amide bonds. The van der Waals surface area contributed by atoms with Gasteiger partial charge in [-0.25, -0.2) is 0 Å². The molecule has 0 aromatic carbocycles. The molecule has 0 aromatic rings. The highest BCUT2D eigenvalue weighted by Gasteiger charge is 1.95. The van der Waals surface area contributed by atoms with E-state index in [4.69, 9.17) is 0 Å². The zero-order valence-electron chi connectivity index (χ0n) is 6.93. The molecule has 10 heavy (non-hydrogen) atoms. The summed E-state index contributed by atoms with van der Waals surface area (Å²) in [7, 11) is 0. The molecule has 0 aliphatic carbocycles. The van der Waals surface area contributed by atoms with Crippen LogP contribution in [0.25, 0.3) is 0 Å². The molecule has 0 fully saturated rings. The van der Waals surface area contributed by atoms with Gasteiger partial charge in [-0.05, 0) is 19.3 Å². The van der Waals surface area contributed by atoms with E-state index in [1.165, 1.54) is 12.8 Å². The van der Waals surface area contributed by atoms with Gasteiger partial charge in [-0.2, -0.15) is 0 Å². The summed E-state index contributed by atoms with van der Waals surface area (Å²) in [5, 5.41) is 0. The molecule has 1 unspecified atom stereocenters. The first-order valence-corrected chi connectivity index (χ1v) is 5.61. The first-order valence-electron chi connectivity index (χ1n) is 3.89. The highest BCUT2D eigenvalue weighted by atomic mass is 32.2. The topological polar surface area (TPSA) is 23.1 Å². The maximum Gasteiger partial charge on any atom is 0.105 e. The van der Waals surface area contributed by atoms with Gasteiger partial charge in [-0.3, -0.25) is 0 Å². The average Bonchev–Trinajstić information content (AvgIpc) is 1.87. The lowest BCUT2D eigenvalue weighted by Gasteiger charge is -2.03. The van der Waals surface area contributed by atoms with Crippen LogP contribution in [0.3, 0.4) is 0 Å². The Bertz CT molecular complexity index is 64.3. The highest BCUT2D eigenvalue weighted by Crippen LogP contribution is 2.02. The summed E-state index contributed by atoms with van der Waals surface area (Å²) in [5.41, 5.74) is 0. The van der Waals surface area contributed by atoms with Crippen molar-refractivity contribution < 1.29 is 4.55 Å². The van der Waals surface area contributed by atoms with Gasteiger partial charge in [0.05, 0.1) is 6.26 Å². The van der Waals surface area contributed by atoms with Crippen molar-refractivity contribution in [2.45, 2.75) is 32.6 Å². The molecule has 1 nitrogen and oxygen atoms in total. The maximum atomic E-state index is 10.6. The molecule has 0 spiro atoms. The van der Waals surface area contributed by atoms with Crippen molar-refractivity contribution in [2.24, 2.45) is 0 Å². The monoisotopic (exact) mass is 161 g/mol. The molecule has 1 atom stereocenters. The zero-order chi connectivity index (χ0) is 7.82. The van der Waals surface area contributed by atoms with Gasteiger partial charge >= 0.3 is 0 Å². The normalized spacial score (nSPS) is 13.5. The van der Waals surface area contributed by atoms with Crippen molar-refractivity contribution >= 4 is 11.2 Å². The minimum atomic E-state index is -0.591. The van der Waals surface area contributed by atoms with E-state index in [0.717, 1.165) is 18.6 Å². The molecular formula is C8H17OS. The Labute approximate surface area is 67.4 Å². The van der Waals surface area contributed by atoms with E-state index < -0.39 is 11.2 Å². The van der Waals surface area contributed by atoms with Gasteiger partial charge in [0.15, 0.2) is 0 Å². The summed E-state index contributed by atoms with van der Waals surface area (Å²) in [6, 6.07) is 0. The van der Waals surface area contributed by atoms with Gasteiger partial charge in [0.2, 0.25) is 0 Å². The molecule has 0 saturated heterocycles. The Morgan fingerprint density at radius 2 is 2.10 bits per heavy atom. The van der Waals surface area contributed by atoms with Crippen LogP contribution in [0.15, 0.2) is 0 Å². The van der Waals surface area contributed by atoms with Crippen molar-refractivity contribution in [3.63, 3.8) is 0 Å². The summed E-state index contributed by atoms with van der Waals surface area (Å²) in [5.74, 6) is 0.861. The van der Waals surface area contributed by atoms with E-state index in [1.807, 2.05) is 0 Å². The first-order chi connectivity index (χ1) is 4.77. The Hall–Kier alpha value is 0.310. The zero-order valence-corrected chi connectivity index (χ0v) is 7.75. The first kappa shape index (κ1) is 10.3. The molecule has 0 rings (SSSR count). The molecule has 2 heteroatoms. The van der Waals surface area contributed by atoms with Crippen molar-refractivity contribution in [2.75, 3.05) is 12.0 Å². The quantitative estimate of drug-likeness (QED) is 0.432. The molecular weight excluding hydrogens is 144 g/mol. The van der Waals surface area contributed by atoms with Crippen molar-refractivity contribution in [3.05, 3.63) is 6.42 Å². The van der Waals surface area contributed by atoms with Crippen LogP contribution in [0.1, 0.15) is 32.6 Å². The van der Waals surface area contributed by atoms with Crippen LogP contribution in [0.2, 0.25) is 0 Å². The van der Waals surface area contributed by atoms with Crippen molar-refractivity contribution in [1.82, 2.24) is 0 Å². The van der Waals surface area contributed by atoms with Gasteiger partial charge < -0.3 is 4.55 Å². The Morgan fingerprint density at radius 1 is 1.40 bits per heavy atom. The van der Waals surface area contributed by atoms with Crippen molar-refractivity contribution in [1.29, 1.82) is 0 Å². The second kappa shape index (κ2) is 7.42. The minimum Gasteiger partial charge on any atom is -0.617 e. The number of unbranched alkanes of at least 4 members (excludes halogenated alkanes) is 4. The number of hydrogen-bond donors (Lipinski definition) is 0.